The van der Waals surface area contributed by atoms with Gasteiger partial charge in [-0.3, -0.25) is 9.59 Å². The molecule has 6 nitrogen and oxygen atoms in total. The number of hydrogen-bond donors (Lipinski definition) is 0. The number of ether oxygens (including phenoxy) is 2. The van der Waals surface area contributed by atoms with E-state index in [2.05, 4.69) is 6.92 Å². The van der Waals surface area contributed by atoms with Gasteiger partial charge < -0.3 is 19.3 Å². The first-order chi connectivity index (χ1) is 17.4. The monoisotopic (exact) mass is 512 g/mol. The van der Waals surface area contributed by atoms with E-state index in [0.29, 0.717) is 57.4 Å². The van der Waals surface area contributed by atoms with E-state index in [1.54, 1.807) is 0 Å². The maximum atomic E-state index is 13.5. The summed E-state index contributed by atoms with van der Waals surface area (Å²) in [6.45, 7) is 8.13. The quantitative estimate of drug-likeness (QED) is 0.495. The summed E-state index contributed by atoms with van der Waals surface area (Å²) in [5, 5.41) is 0.704. The average molecular weight is 513 g/mol. The number of morpholine rings is 1. The van der Waals surface area contributed by atoms with Crippen LogP contribution < -0.4 is 4.74 Å². The summed E-state index contributed by atoms with van der Waals surface area (Å²) in [5.41, 5.74) is 1.69. The number of halogens is 1. The van der Waals surface area contributed by atoms with Crippen LogP contribution >= 0.6 is 11.6 Å². The molecule has 0 N–H and O–H groups in total. The van der Waals surface area contributed by atoms with E-state index < -0.39 is 0 Å². The van der Waals surface area contributed by atoms with Crippen LogP contribution in [-0.4, -0.2) is 67.6 Å². The lowest BCUT2D eigenvalue weighted by molar-refractivity contribution is -0.141. The van der Waals surface area contributed by atoms with Gasteiger partial charge >= 0.3 is 0 Å². The lowest BCUT2D eigenvalue weighted by Crippen LogP contribution is -2.50. The predicted octanol–water partition coefficient (Wildman–Crippen LogP) is 5.08. The van der Waals surface area contributed by atoms with Crippen molar-refractivity contribution in [2.45, 2.75) is 45.4 Å². The molecule has 0 radical (unpaired) electrons. The Hall–Kier alpha value is -2.57. The minimum atomic E-state index is -0.325. The predicted molar refractivity (Wildman–Crippen MR) is 141 cm³/mol. The molecule has 0 spiro atoms. The Bertz CT molecular complexity index is 1030. The smallest absolute Gasteiger partial charge is 0.230 e. The molecular formula is C29H37ClN2O4. The molecule has 2 aromatic carbocycles. The zero-order valence-electron chi connectivity index (χ0n) is 21.4. The number of piperidine rings is 1. The van der Waals surface area contributed by atoms with Crippen molar-refractivity contribution in [2.75, 3.05) is 46.0 Å². The van der Waals surface area contributed by atoms with Gasteiger partial charge in [0.25, 0.3) is 0 Å². The number of likely N-dealkylation sites (tertiary alicyclic amines) is 1. The first-order valence-electron chi connectivity index (χ1n) is 13.0. The van der Waals surface area contributed by atoms with Gasteiger partial charge in [0.05, 0.1) is 25.7 Å². The zero-order valence-corrected chi connectivity index (χ0v) is 22.1. The van der Waals surface area contributed by atoms with Crippen LogP contribution in [0.4, 0.5) is 0 Å². The molecule has 0 aromatic heterocycles. The Labute approximate surface area is 219 Å². The molecule has 36 heavy (non-hydrogen) atoms. The van der Waals surface area contributed by atoms with Gasteiger partial charge in [-0.15, -0.1) is 0 Å². The SMILES string of the molecule is CC[C@H](C(=O)N1CCC(COc2ccc(Cl)c(C)c2)(CC(=O)N2CCOCC2)CC1)c1ccccc1. The molecule has 4 rings (SSSR count). The second-order valence-electron chi connectivity index (χ2n) is 10.1. The highest BCUT2D eigenvalue weighted by Crippen LogP contribution is 2.38. The van der Waals surface area contributed by atoms with Crippen LogP contribution in [0.3, 0.4) is 0 Å². The van der Waals surface area contributed by atoms with Crippen LogP contribution in [-0.2, 0) is 14.3 Å². The Morgan fingerprint density at radius 3 is 2.36 bits per heavy atom. The standard InChI is InChI=1S/C29H37ClN2O4/c1-3-25(23-7-5-4-6-8-23)28(34)32-13-11-29(12-14-32,20-27(33)31-15-17-35-18-16-31)21-36-24-9-10-26(30)22(2)19-24/h4-10,19,25H,3,11-18,20-21H2,1-2H3/t25-/m0/s1. The molecular weight excluding hydrogens is 476 g/mol. The summed E-state index contributed by atoms with van der Waals surface area (Å²) in [5.74, 6) is 0.932. The average Bonchev–Trinajstić information content (AvgIpc) is 2.91. The molecule has 2 aliphatic heterocycles. The van der Waals surface area contributed by atoms with Gasteiger partial charge in [-0.2, -0.15) is 0 Å². The molecule has 0 aliphatic carbocycles. The third-order valence-electron chi connectivity index (χ3n) is 7.61. The number of benzene rings is 2. The fourth-order valence-electron chi connectivity index (χ4n) is 5.22. The summed E-state index contributed by atoms with van der Waals surface area (Å²) in [6, 6.07) is 15.7. The molecule has 0 unspecified atom stereocenters. The van der Waals surface area contributed by atoms with Crippen molar-refractivity contribution in [3.63, 3.8) is 0 Å². The maximum absolute atomic E-state index is 13.5. The van der Waals surface area contributed by atoms with Crippen LogP contribution in [0.5, 0.6) is 5.75 Å². The minimum absolute atomic E-state index is 0.137. The van der Waals surface area contributed by atoms with E-state index in [4.69, 9.17) is 21.1 Å². The van der Waals surface area contributed by atoms with Crippen LogP contribution in [0.2, 0.25) is 5.02 Å². The normalized spacial score (nSPS) is 18.5. The van der Waals surface area contributed by atoms with Gasteiger partial charge in [0.15, 0.2) is 0 Å². The number of nitrogens with zero attached hydrogens (tertiary/aromatic N) is 2. The van der Waals surface area contributed by atoms with E-state index >= 15 is 0 Å². The van der Waals surface area contributed by atoms with E-state index in [0.717, 1.165) is 36.1 Å². The number of hydrogen-bond acceptors (Lipinski definition) is 4. The molecule has 7 heteroatoms. The van der Waals surface area contributed by atoms with Crippen LogP contribution in [0, 0.1) is 12.3 Å². The molecule has 2 heterocycles. The molecule has 0 saturated carbocycles. The molecule has 2 aromatic rings. The molecule has 194 valence electrons. The lowest BCUT2D eigenvalue weighted by atomic mass is 9.75. The van der Waals surface area contributed by atoms with Crippen molar-refractivity contribution in [2.24, 2.45) is 5.41 Å². The van der Waals surface area contributed by atoms with Crippen LogP contribution in [0.1, 0.15) is 49.7 Å². The van der Waals surface area contributed by atoms with Gasteiger partial charge in [0.1, 0.15) is 5.75 Å². The highest BCUT2D eigenvalue weighted by molar-refractivity contribution is 6.31. The van der Waals surface area contributed by atoms with Gasteiger partial charge in [0.2, 0.25) is 11.8 Å². The van der Waals surface area contributed by atoms with E-state index in [9.17, 15) is 9.59 Å². The molecule has 2 amide bonds. The van der Waals surface area contributed by atoms with Crippen molar-refractivity contribution in [1.29, 1.82) is 0 Å². The van der Waals surface area contributed by atoms with Gasteiger partial charge in [-0.25, -0.2) is 0 Å². The number of rotatable bonds is 8. The third-order valence-corrected chi connectivity index (χ3v) is 8.03. The number of amides is 2. The van der Waals surface area contributed by atoms with Crippen molar-refractivity contribution in [3.8, 4) is 5.75 Å². The largest absolute Gasteiger partial charge is 0.493 e. The Morgan fingerprint density at radius 1 is 1.03 bits per heavy atom. The summed E-state index contributed by atoms with van der Waals surface area (Å²) >= 11 is 6.19. The van der Waals surface area contributed by atoms with Gasteiger partial charge in [0, 0.05) is 43.0 Å². The van der Waals surface area contributed by atoms with Gasteiger partial charge in [-0.05, 0) is 55.5 Å². The number of carbonyl (C=O) groups excluding carboxylic acids is 2. The molecule has 2 fully saturated rings. The van der Waals surface area contributed by atoms with E-state index in [-0.39, 0.29) is 23.1 Å². The van der Waals surface area contributed by atoms with E-state index in [1.165, 1.54) is 0 Å². The fraction of sp³-hybridized carbons (Fsp3) is 0.517. The highest BCUT2D eigenvalue weighted by Gasteiger charge is 2.40. The topological polar surface area (TPSA) is 59.1 Å². The minimum Gasteiger partial charge on any atom is -0.493 e. The number of aryl methyl sites for hydroxylation is 1. The molecule has 2 saturated heterocycles. The summed E-state index contributed by atoms with van der Waals surface area (Å²) < 4.78 is 11.7. The second-order valence-corrected chi connectivity index (χ2v) is 10.5. The summed E-state index contributed by atoms with van der Waals surface area (Å²) in [4.78, 5) is 30.6. The third kappa shape index (κ3) is 6.40. The van der Waals surface area contributed by atoms with Crippen LogP contribution in [0.15, 0.2) is 48.5 Å². The molecule has 0 bridgehead atoms. The van der Waals surface area contributed by atoms with Crippen LogP contribution in [0.25, 0.3) is 0 Å². The zero-order chi connectivity index (χ0) is 25.5. The van der Waals surface area contributed by atoms with Crippen molar-refractivity contribution < 1.29 is 19.1 Å². The highest BCUT2D eigenvalue weighted by atomic mass is 35.5. The lowest BCUT2D eigenvalue weighted by Gasteiger charge is -2.43. The number of carbonyl (C=O) groups is 2. The Morgan fingerprint density at radius 2 is 1.72 bits per heavy atom. The molecule has 1 atom stereocenters. The van der Waals surface area contributed by atoms with Crippen molar-refractivity contribution in [1.82, 2.24) is 9.80 Å². The summed E-state index contributed by atoms with van der Waals surface area (Å²) in [6.07, 6.45) is 2.63. The van der Waals surface area contributed by atoms with Crippen molar-refractivity contribution >= 4 is 23.4 Å². The Balaban J connectivity index is 1.46. The fourth-order valence-corrected chi connectivity index (χ4v) is 5.34. The molecule has 2 aliphatic rings. The first kappa shape index (κ1) is 26.5. The van der Waals surface area contributed by atoms with E-state index in [1.807, 2.05) is 65.3 Å². The van der Waals surface area contributed by atoms with Crippen molar-refractivity contribution in [3.05, 3.63) is 64.7 Å². The second kappa shape index (κ2) is 12.1. The maximum Gasteiger partial charge on any atom is 0.230 e. The first-order valence-corrected chi connectivity index (χ1v) is 13.4. The summed E-state index contributed by atoms with van der Waals surface area (Å²) in [7, 11) is 0. The van der Waals surface area contributed by atoms with Gasteiger partial charge in [-0.1, -0.05) is 48.9 Å². The Kier molecular flexibility index (Phi) is 8.91.